The largest absolute Gasteiger partial charge is 0.443 e. The monoisotopic (exact) mass is 395 g/mol. The summed E-state index contributed by atoms with van der Waals surface area (Å²) in [6.07, 6.45) is -2.58. The van der Waals surface area contributed by atoms with Crippen LogP contribution in [-0.4, -0.2) is 40.5 Å². The summed E-state index contributed by atoms with van der Waals surface area (Å²) in [7, 11) is 1.08. The van der Waals surface area contributed by atoms with Crippen molar-refractivity contribution in [3.63, 3.8) is 0 Å². The fourth-order valence-electron chi connectivity index (χ4n) is 1.13. The van der Waals surface area contributed by atoms with Crippen LogP contribution >= 0.6 is 26.6 Å². The number of rotatable bonds is 7. The van der Waals surface area contributed by atoms with Crippen LogP contribution in [0.4, 0.5) is 8.78 Å². The number of nitrogens with one attached hydrogen (secondary N) is 1. The number of carbonyl (C=O) groups is 1. The number of ether oxygens (including phenoxy) is 1. The van der Waals surface area contributed by atoms with Gasteiger partial charge in [0.05, 0.1) is 6.61 Å². The molecule has 11 heteroatoms. The van der Waals surface area contributed by atoms with Crippen molar-refractivity contribution in [2.45, 2.75) is 11.3 Å². The van der Waals surface area contributed by atoms with Gasteiger partial charge in [-0.3, -0.25) is 4.79 Å². The maximum atomic E-state index is 11.7. The minimum atomic E-state index is -4.04. The summed E-state index contributed by atoms with van der Waals surface area (Å²) in [6, 6.07) is 0.946. The summed E-state index contributed by atoms with van der Waals surface area (Å²) in [5, 5.41) is 2.30. The Morgan fingerprint density at radius 3 is 2.70 bits per heavy atom. The highest BCUT2D eigenvalue weighted by Gasteiger charge is 2.23. The first kappa shape index (κ1) is 17.3. The molecule has 1 rings (SSSR count). The molecule has 0 fully saturated rings. The molecule has 6 nitrogen and oxygen atoms in total. The third kappa shape index (κ3) is 5.35. The number of hydrogen-bond acceptors (Lipinski definition) is 5. The van der Waals surface area contributed by atoms with Gasteiger partial charge in [-0.25, -0.2) is 17.2 Å². The van der Waals surface area contributed by atoms with Crippen LogP contribution in [0.1, 0.15) is 10.6 Å². The minimum Gasteiger partial charge on any atom is -0.443 e. The number of carbonyl (C=O) groups excluding carboxylic acids is 1. The van der Waals surface area contributed by atoms with Crippen LogP contribution in [0, 0.1) is 0 Å². The van der Waals surface area contributed by atoms with Crippen molar-refractivity contribution >= 4 is 41.6 Å². The van der Waals surface area contributed by atoms with E-state index < -0.39 is 28.0 Å². The van der Waals surface area contributed by atoms with E-state index in [0.29, 0.717) is 0 Å². The van der Waals surface area contributed by atoms with Crippen molar-refractivity contribution in [1.29, 1.82) is 0 Å². The molecule has 1 heterocycles. The molecule has 20 heavy (non-hydrogen) atoms. The van der Waals surface area contributed by atoms with E-state index in [-0.39, 0.29) is 28.5 Å². The molecule has 0 spiro atoms. The van der Waals surface area contributed by atoms with Crippen LogP contribution in [0.3, 0.4) is 0 Å². The van der Waals surface area contributed by atoms with Crippen molar-refractivity contribution in [3.05, 3.63) is 16.5 Å². The zero-order valence-corrected chi connectivity index (χ0v) is 12.9. The third-order valence-electron chi connectivity index (χ3n) is 1.92. The fraction of sp³-hybridized carbons (Fsp3) is 0.444. The molecule has 0 aliphatic carbocycles. The van der Waals surface area contributed by atoms with Crippen molar-refractivity contribution in [2.24, 2.45) is 0 Å². The normalized spacial score (nSPS) is 11.8. The van der Waals surface area contributed by atoms with Gasteiger partial charge in [-0.05, 0) is 15.9 Å². The van der Waals surface area contributed by atoms with Crippen molar-refractivity contribution in [1.82, 2.24) is 5.32 Å². The van der Waals surface area contributed by atoms with E-state index >= 15 is 0 Å². The highest BCUT2D eigenvalue weighted by atomic mass is 79.9. The van der Waals surface area contributed by atoms with E-state index in [2.05, 4.69) is 26.0 Å². The van der Waals surface area contributed by atoms with Gasteiger partial charge >= 0.3 is 0 Å². The molecule has 0 aromatic carbocycles. The molecule has 1 amide bonds. The second kappa shape index (κ2) is 7.34. The number of halogens is 4. The lowest BCUT2D eigenvalue weighted by atomic mass is 10.4. The Labute approximate surface area is 126 Å². The quantitative estimate of drug-likeness (QED) is 0.563. The van der Waals surface area contributed by atoms with Gasteiger partial charge < -0.3 is 14.5 Å². The SMILES string of the molecule is O=C(NCCOCC(F)F)c1cc(S(=O)(=O)Cl)c(Br)o1. The summed E-state index contributed by atoms with van der Waals surface area (Å²) < 4.78 is 54.9. The van der Waals surface area contributed by atoms with Gasteiger partial charge in [0.1, 0.15) is 11.5 Å². The molecule has 0 saturated carbocycles. The summed E-state index contributed by atoms with van der Waals surface area (Å²) >= 11 is 2.81. The number of amides is 1. The zero-order chi connectivity index (χ0) is 15.3. The maximum absolute atomic E-state index is 11.7. The molecule has 0 radical (unpaired) electrons. The Morgan fingerprint density at radius 2 is 2.20 bits per heavy atom. The zero-order valence-electron chi connectivity index (χ0n) is 9.74. The smallest absolute Gasteiger partial charge is 0.287 e. The lowest BCUT2D eigenvalue weighted by Gasteiger charge is -2.04. The molecule has 0 aliphatic heterocycles. The first-order valence-corrected chi connectivity index (χ1v) is 8.20. The van der Waals surface area contributed by atoms with Crippen molar-refractivity contribution in [2.75, 3.05) is 19.8 Å². The Kier molecular flexibility index (Phi) is 6.37. The van der Waals surface area contributed by atoms with Gasteiger partial charge in [0.25, 0.3) is 21.4 Å². The predicted octanol–water partition coefficient (Wildman–Crippen LogP) is 1.98. The summed E-state index contributed by atoms with van der Waals surface area (Å²) in [4.78, 5) is 11.2. The van der Waals surface area contributed by atoms with Crippen LogP contribution in [0.25, 0.3) is 0 Å². The molecule has 1 aromatic heterocycles. The summed E-state index contributed by atoms with van der Waals surface area (Å²) in [5.41, 5.74) is 0. The molecular weight excluding hydrogens is 388 g/mol. The standard InChI is InChI=1S/C9H9BrClF2NO5S/c10-8-6(20(11,16)17)3-5(19-8)9(15)14-1-2-18-4-7(12)13/h3,7H,1-2,4H2,(H,14,15). The average molecular weight is 397 g/mol. The Balaban J connectivity index is 2.53. The topological polar surface area (TPSA) is 85.6 Å². The number of hydrogen-bond donors (Lipinski definition) is 1. The van der Waals surface area contributed by atoms with E-state index in [4.69, 9.17) is 15.1 Å². The maximum Gasteiger partial charge on any atom is 0.287 e. The van der Waals surface area contributed by atoms with E-state index in [1.54, 1.807) is 0 Å². The van der Waals surface area contributed by atoms with Crippen LogP contribution in [0.5, 0.6) is 0 Å². The molecule has 0 aliphatic rings. The molecule has 114 valence electrons. The first-order valence-electron chi connectivity index (χ1n) is 5.10. The number of alkyl halides is 2. The van der Waals surface area contributed by atoms with Gasteiger partial charge in [0.2, 0.25) is 0 Å². The molecule has 1 aromatic rings. The highest BCUT2D eigenvalue weighted by Crippen LogP contribution is 2.28. The molecule has 1 N–H and O–H groups in total. The van der Waals surface area contributed by atoms with Crippen LogP contribution in [0.2, 0.25) is 0 Å². The van der Waals surface area contributed by atoms with Crippen LogP contribution < -0.4 is 5.32 Å². The molecule has 0 unspecified atom stereocenters. The average Bonchev–Trinajstić information content (AvgIpc) is 2.70. The lowest BCUT2D eigenvalue weighted by molar-refractivity contribution is 0.0187. The predicted molar refractivity (Wildman–Crippen MR) is 68.6 cm³/mol. The van der Waals surface area contributed by atoms with Crippen molar-refractivity contribution in [3.8, 4) is 0 Å². The second-order valence-electron chi connectivity index (χ2n) is 3.41. The summed E-state index contributed by atoms with van der Waals surface area (Å²) in [6.45, 7) is -0.873. The van der Waals surface area contributed by atoms with Gasteiger partial charge in [-0.1, -0.05) is 0 Å². The number of furan rings is 1. The minimum absolute atomic E-state index is 0.0349. The molecule has 0 saturated heterocycles. The van der Waals surface area contributed by atoms with E-state index in [1.807, 2.05) is 0 Å². The van der Waals surface area contributed by atoms with Gasteiger partial charge in [-0.15, -0.1) is 0 Å². The Bertz CT molecular complexity index is 577. The Morgan fingerprint density at radius 1 is 1.55 bits per heavy atom. The lowest BCUT2D eigenvalue weighted by Crippen LogP contribution is -2.27. The van der Waals surface area contributed by atoms with Crippen molar-refractivity contribution < 1.29 is 31.1 Å². The Hall–Kier alpha value is -0.710. The van der Waals surface area contributed by atoms with Gasteiger partial charge in [-0.2, -0.15) is 0 Å². The second-order valence-corrected chi connectivity index (χ2v) is 6.66. The summed E-state index contributed by atoms with van der Waals surface area (Å²) in [5.74, 6) is -1.01. The van der Waals surface area contributed by atoms with Gasteiger partial charge in [0.15, 0.2) is 10.4 Å². The fourth-order valence-corrected chi connectivity index (χ4v) is 3.16. The van der Waals surface area contributed by atoms with Crippen LogP contribution in [-0.2, 0) is 13.8 Å². The van der Waals surface area contributed by atoms with Gasteiger partial charge in [0, 0.05) is 23.3 Å². The molecule has 0 atom stereocenters. The van der Waals surface area contributed by atoms with Crippen LogP contribution in [0.15, 0.2) is 20.0 Å². The first-order chi connectivity index (χ1) is 9.21. The van der Waals surface area contributed by atoms with E-state index in [9.17, 15) is 22.0 Å². The van der Waals surface area contributed by atoms with E-state index in [1.165, 1.54) is 0 Å². The molecular formula is C9H9BrClF2NO5S. The van der Waals surface area contributed by atoms with E-state index in [0.717, 1.165) is 6.07 Å². The third-order valence-corrected chi connectivity index (χ3v) is 4.10. The highest BCUT2D eigenvalue weighted by molar-refractivity contribution is 9.10. The molecule has 0 bridgehead atoms.